The van der Waals surface area contributed by atoms with Crippen LogP contribution < -0.4 is 15.8 Å². The molecule has 0 saturated carbocycles. The van der Waals surface area contributed by atoms with Crippen LogP contribution in [-0.2, 0) is 40.6 Å². The second-order valence-corrected chi connectivity index (χ2v) is 7.75. The van der Waals surface area contributed by atoms with E-state index in [1.54, 1.807) is 4.90 Å². The fraction of sp³-hybridized carbons (Fsp3) is 0.348. The number of fused-ring (bicyclic) bond motifs is 1. The third-order valence-electron chi connectivity index (χ3n) is 5.68. The number of benzene rings is 2. The zero-order valence-corrected chi connectivity index (χ0v) is 16.7. The minimum atomic E-state index is -0.809. The van der Waals surface area contributed by atoms with E-state index >= 15 is 0 Å². The SMILES string of the molecule is NCc1ccc(COc2cccc3c2CN(C(=O)[C@H]2CCCC(=O)NC2=O)C3)cc1. The van der Waals surface area contributed by atoms with Gasteiger partial charge in [0.25, 0.3) is 0 Å². The Balaban J connectivity index is 1.44. The molecule has 0 bridgehead atoms. The summed E-state index contributed by atoms with van der Waals surface area (Å²) < 4.78 is 6.04. The van der Waals surface area contributed by atoms with Crippen LogP contribution in [0.15, 0.2) is 42.5 Å². The second kappa shape index (κ2) is 8.67. The molecule has 2 aliphatic rings. The van der Waals surface area contributed by atoms with Crippen molar-refractivity contribution in [1.29, 1.82) is 0 Å². The van der Waals surface area contributed by atoms with Gasteiger partial charge in [-0.2, -0.15) is 0 Å². The molecule has 0 aromatic heterocycles. The van der Waals surface area contributed by atoms with Gasteiger partial charge in [0.05, 0.1) is 6.54 Å². The van der Waals surface area contributed by atoms with Crippen LogP contribution in [0.5, 0.6) is 5.75 Å². The molecule has 0 unspecified atom stereocenters. The number of carbonyl (C=O) groups is 3. The van der Waals surface area contributed by atoms with Gasteiger partial charge in [0, 0.05) is 25.1 Å². The summed E-state index contributed by atoms with van der Waals surface area (Å²) in [6, 6.07) is 13.7. The van der Waals surface area contributed by atoms with Gasteiger partial charge in [-0.1, -0.05) is 36.4 Å². The number of nitrogens with one attached hydrogen (secondary N) is 1. The number of nitrogens with zero attached hydrogens (tertiary/aromatic N) is 1. The lowest BCUT2D eigenvalue weighted by Crippen LogP contribution is -2.42. The molecule has 4 rings (SSSR count). The topological polar surface area (TPSA) is 102 Å². The number of imide groups is 1. The molecular formula is C23H25N3O4. The van der Waals surface area contributed by atoms with Crippen molar-refractivity contribution < 1.29 is 19.1 Å². The van der Waals surface area contributed by atoms with Crippen molar-refractivity contribution in [2.24, 2.45) is 11.7 Å². The van der Waals surface area contributed by atoms with E-state index in [1.807, 2.05) is 42.5 Å². The van der Waals surface area contributed by atoms with E-state index in [9.17, 15) is 14.4 Å². The third-order valence-corrected chi connectivity index (χ3v) is 5.68. The van der Waals surface area contributed by atoms with Gasteiger partial charge >= 0.3 is 0 Å². The Kier molecular flexibility index (Phi) is 5.81. The van der Waals surface area contributed by atoms with E-state index in [0.717, 1.165) is 28.0 Å². The summed E-state index contributed by atoms with van der Waals surface area (Å²) in [4.78, 5) is 38.5. The van der Waals surface area contributed by atoms with Crippen LogP contribution in [-0.4, -0.2) is 22.6 Å². The van der Waals surface area contributed by atoms with Gasteiger partial charge in [-0.15, -0.1) is 0 Å². The van der Waals surface area contributed by atoms with Gasteiger partial charge < -0.3 is 15.4 Å². The first-order valence-corrected chi connectivity index (χ1v) is 10.2. The molecule has 2 aromatic carbocycles. The molecule has 1 fully saturated rings. The van der Waals surface area contributed by atoms with Crippen molar-refractivity contribution in [2.75, 3.05) is 0 Å². The predicted octanol–water partition coefficient (Wildman–Crippen LogP) is 2.01. The molecular weight excluding hydrogens is 382 g/mol. The standard InChI is InChI=1S/C23H25N3O4/c24-11-15-7-9-16(10-8-15)14-30-20-5-1-3-17-12-26(13-19(17)20)23(29)18-4-2-6-21(27)25-22(18)28/h1,3,5,7-10,18H,2,4,6,11-14,24H2,(H,25,27,28)/t18-/m0/s1. The summed E-state index contributed by atoms with van der Waals surface area (Å²) in [6.07, 6.45) is 1.21. The van der Waals surface area contributed by atoms with Gasteiger partial charge in [-0.3, -0.25) is 19.7 Å². The lowest BCUT2D eigenvalue weighted by Gasteiger charge is -2.21. The molecule has 0 aliphatic carbocycles. The van der Waals surface area contributed by atoms with Crippen LogP contribution in [0, 0.1) is 5.92 Å². The quantitative estimate of drug-likeness (QED) is 0.583. The molecule has 7 nitrogen and oxygen atoms in total. The first-order chi connectivity index (χ1) is 14.5. The van der Waals surface area contributed by atoms with E-state index in [-0.39, 0.29) is 18.2 Å². The molecule has 2 heterocycles. The molecule has 156 valence electrons. The molecule has 2 aliphatic heterocycles. The Hall–Kier alpha value is -3.19. The van der Waals surface area contributed by atoms with Crippen LogP contribution in [0.1, 0.15) is 41.5 Å². The van der Waals surface area contributed by atoms with E-state index in [2.05, 4.69) is 5.32 Å². The molecule has 7 heteroatoms. The molecule has 1 atom stereocenters. The minimum absolute atomic E-state index is 0.235. The maximum absolute atomic E-state index is 13.0. The summed E-state index contributed by atoms with van der Waals surface area (Å²) >= 11 is 0. The fourth-order valence-corrected chi connectivity index (χ4v) is 3.96. The highest BCUT2D eigenvalue weighted by molar-refractivity contribution is 6.07. The normalized spacial score (nSPS) is 18.6. The Morgan fingerprint density at radius 2 is 1.87 bits per heavy atom. The van der Waals surface area contributed by atoms with E-state index in [4.69, 9.17) is 10.5 Å². The average Bonchev–Trinajstić information content (AvgIpc) is 3.12. The Morgan fingerprint density at radius 1 is 1.10 bits per heavy atom. The fourth-order valence-electron chi connectivity index (χ4n) is 3.96. The lowest BCUT2D eigenvalue weighted by atomic mass is 10.0. The molecule has 2 aromatic rings. The summed E-state index contributed by atoms with van der Waals surface area (Å²) in [6.45, 7) is 1.76. The number of carbonyl (C=O) groups excluding carboxylic acids is 3. The van der Waals surface area contributed by atoms with E-state index in [0.29, 0.717) is 39.1 Å². The molecule has 3 N–H and O–H groups in total. The average molecular weight is 407 g/mol. The second-order valence-electron chi connectivity index (χ2n) is 7.75. The highest BCUT2D eigenvalue weighted by Gasteiger charge is 2.36. The molecule has 3 amide bonds. The Bertz CT molecular complexity index is 971. The summed E-state index contributed by atoms with van der Waals surface area (Å²) in [5.74, 6) is -1.10. The maximum Gasteiger partial charge on any atom is 0.239 e. The molecule has 0 radical (unpaired) electrons. The smallest absolute Gasteiger partial charge is 0.239 e. The van der Waals surface area contributed by atoms with Crippen molar-refractivity contribution in [3.8, 4) is 5.75 Å². The summed E-state index contributed by atoms with van der Waals surface area (Å²) in [7, 11) is 0. The number of ether oxygens (including phenoxy) is 1. The molecule has 0 spiro atoms. The lowest BCUT2D eigenvalue weighted by molar-refractivity contribution is -0.143. The maximum atomic E-state index is 13.0. The van der Waals surface area contributed by atoms with Gasteiger partial charge in [-0.25, -0.2) is 0 Å². The van der Waals surface area contributed by atoms with Crippen LogP contribution in [0.25, 0.3) is 0 Å². The van der Waals surface area contributed by atoms with Crippen molar-refractivity contribution in [3.63, 3.8) is 0 Å². The number of amides is 3. The monoisotopic (exact) mass is 407 g/mol. The van der Waals surface area contributed by atoms with Crippen LogP contribution in [0.2, 0.25) is 0 Å². The van der Waals surface area contributed by atoms with E-state index in [1.165, 1.54) is 0 Å². The zero-order valence-electron chi connectivity index (χ0n) is 16.7. The number of rotatable bonds is 5. The van der Waals surface area contributed by atoms with Crippen LogP contribution in [0.4, 0.5) is 0 Å². The predicted molar refractivity (Wildman–Crippen MR) is 110 cm³/mol. The number of hydrogen-bond acceptors (Lipinski definition) is 5. The third kappa shape index (κ3) is 4.21. The Morgan fingerprint density at radius 3 is 2.63 bits per heavy atom. The van der Waals surface area contributed by atoms with Crippen molar-refractivity contribution in [2.45, 2.75) is 45.5 Å². The Labute approximate surface area is 175 Å². The number of nitrogens with two attached hydrogens (primary N) is 1. The summed E-state index contributed by atoms with van der Waals surface area (Å²) in [5, 5.41) is 2.32. The summed E-state index contributed by atoms with van der Waals surface area (Å²) in [5.41, 5.74) is 9.73. The van der Waals surface area contributed by atoms with Crippen LogP contribution in [0.3, 0.4) is 0 Å². The van der Waals surface area contributed by atoms with Crippen molar-refractivity contribution >= 4 is 17.7 Å². The first kappa shape index (κ1) is 20.1. The highest BCUT2D eigenvalue weighted by Crippen LogP contribution is 2.33. The van der Waals surface area contributed by atoms with Gasteiger partial charge in [0.1, 0.15) is 18.3 Å². The van der Waals surface area contributed by atoms with Crippen LogP contribution >= 0.6 is 0 Å². The largest absolute Gasteiger partial charge is 0.489 e. The molecule has 1 saturated heterocycles. The van der Waals surface area contributed by atoms with Gasteiger partial charge in [-0.05, 0) is 35.6 Å². The van der Waals surface area contributed by atoms with Gasteiger partial charge in [0.15, 0.2) is 0 Å². The zero-order chi connectivity index (χ0) is 21.1. The number of hydrogen-bond donors (Lipinski definition) is 2. The first-order valence-electron chi connectivity index (χ1n) is 10.2. The van der Waals surface area contributed by atoms with Crippen molar-refractivity contribution in [3.05, 3.63) is 64.7 Å². The minimum Gasteiger partial charge on any atom is -0.489 e. The van der Waals surface area contributed by atoms with Crippen molar-refractivity contribution in [1.82, 2.24) is 10.2 Å². The van der Waals surface area contributed by atoms with E-state index < -0.39 is 11.8 Å². The van der Waals surface area contributed by atoms with Gasteiger partial charge in [0.2, 0.25) is 17.7 Å². The highest BCUT2D eigenvalue weighted by atomic mass is 16.5. The molecule has 30 heavy (non-hydrogen) atoms.